The van der Waals surface area contributed by atoms with Crippen LogP contribution >= 0.6 is 0 Å². The van der Waals surface area contributed by atoms with Gasteiger partial charge in [0.2, 0.25) is 0 Å². The lowest BCUT2D eigenvalue weighted by molar-refractivity contribution is 0.573. The van der Waals surface area contributed by atoms with Gasteiger partial charge in [0.15, 0.2) is 5.82 Å². The van der Waals surface area contributed by atoms with Crippen molar-refractivity contribution in [3.8, 4) is 11.5 Å². The normalized spacial score (nSPS) is 14.2. The number of aromatic nitrogens is 4. The molecule has 0 saturated carbocycles. The molecule has 1 saturated heterocycles. The number of pyridine rings is 2. The van der Waals surface area contributed by atoms with Crippen molar-refractivity contribution in [1.29, 1.82) is 0 Å². The third-order valence-electron chi connectivity index (χ3n) is 4.97. The molecular formula is C21H24N6. The molecule has 1 fully saturated rings. The Morgan fingerprint density at radius 2 is 1.78 bits per heavy atom. The Morgan fingerprint density at radius 3 is 2.48 bits per heavy atom. The lowest BCUT2D eigenvalue weighted by atomic mass is 10.1. The number of nitrogens with zero attached hydrogens (tertiary/aromatic N) is 5. The Balaban J connectivity index is 1.57. The van der Waals surface area contributed by atoms with E-state index >= 15 is 0 Å². The highest BCUT2D eigenvalue weighted by Gasteiger charge is 2.13. The molecule has 1 aliphatic heterocycles. The lowest BCUT2D eigenvalue weighted by Crippen LogP contribution is -2.29. The minimum Gasteiger partial charge on any atom is -0.357 e. The van der Waals surface area contributed by atoms with Crippen LogP contribution in [0.4, 0.5) is 17.3 Å². The van der Waals surface area contributed by atoms with E-state index < -0.39 is 0 Å². The Morgan fingerprint density at radius 1 is 0.926 bits per heavy atom. The molecule has 4 heterocycles. The number of anilines is 3. The summed E-state index contributed by atoms with van der Waals surface area (Å²) in [5.74, 6) is 2.46. The lowest BCUT2D eigenvalue weighted by Gasteiger charge is -2.27. The van der Waals surface area contributed by atoms with Gasteiger partial charge in [-0.2, -0.15) is 0 Å². The quantitative estimate of drug-likeness (QED) is 0.749. The monoisotopic (exact) mass is 360 g/mol. The summed E-state index contributed by atoms with van der Waals surface area (Å²) in [7, 11) is 0. The van der Waals surface area contributed by atoms with Crippen LogP contribution < -0.4 is 10.2 Å². The molecule has 0 aliphatic carbocycles. The predicted molar refractivity (Wildman–Crippen MR) is 108 cm³/mol. The summed E-state index contributed by atoms with van der Waals surface area (Å²) in [5, 5.41) is 3.39. The predicted octanol–water partition coefficient (Wildman–Crippen LogP) is 4.28. The Bertz CT molecular complexity index is 902. The van der Waals surface area contributed by atoms with Gasteiger partial charge in [-0.1, -0.05) is 6.07 Å². The van der Waals surface area contributed by atoms with Gasteiger partial charge in [0.05, 0.1) is 11.9 Å². The second kappa shape index (κ2) is 7.70. The molecule has 3 aromatic rings. The molecule has 6 heteroatoms. The summed E-state index contributed by atoms with van der Waals surface area (Å²) < 4.78 is 0. The van der Waals surface area contributed by atoms with Crippen molar-refractivity contribution in [1.82, 2.24) is 19.9 Å². The molecule has 0 atom stereocenters. The maximum Gasteiger partial charge on any atom is 0.180 e. The van der Waals surface area contributed by atoms with Crippen LogP contribution in [0, 0.1) is 13.8 Å². The van der Waals surface area contributed by atoms with Crippen molar-refractivity contribution in [2.45, 2.75) is 33.1 Å². The van der Waals surface area contributed by atoms with Crippen molar-refractivity contribution in [3.05, 3.63) is 54.0 Å². The molecule has 4 rings (SSSR count). The highest BCUT2D eigenvalue weighted by molar-refractivity contribution is 5.63. The van der Waals surface area contributed by atoms with Gasteiger partial charge in [0.25, 0.3) is 0 Å². The second-order valence-corrected chi connectivity index (χ2v) is 6.90. The Labute approximate surface area is 159 Å². The van der Waals surface area contributed by atoms with Crippen molar-refractivity contribution in [3.63, 3.8) is 0 Å². The topological polar surface area (TPSA) is 66.8 Å². The number of nitrogens with one attached hydrogen (secondary N) is 1. The summed E-state index contributed by atoms with van der Waals surface area (Å²) in [4.78, 5) is 20.6. The van der Waals surface area contributed by atoms with E-state index in [4.69, 9.17) is 0 Å². The summed E-state index contributed by atoms with van der Waals surface area (Å²) in [5.41, 5.74) is 3.65. The highest BCUT2D eigenvalue weighted by atomic mass is 15.2. The fourth-order valence-electron chi connectivity index (χ4n) is 3.27. The van der Waals surface area contributed by atoms with Crippen LogP contribution in [0.3, 0.4) is 0 Å². The third kappa shape index (κ3) is 3.89. The van der Waals surface area contributed by atoms with Gasteiger partial charge in [-0.05, 0) is 57.4 Å². The van der Waals surface area contributed by atoms with Crippen molar-refractivity contribution < 1.29 is 0 Å². The summed E-state index contributed by atoms with van der Waals surface area (Å²) in [6.45, 7) is 6.20. The van der Waals surface area contributed by atoms with Gasteiger partial charge in [-0.15, -0.1) is 0 Å². The van der Waals surface area contributed by atoms with Crippen molar-refractivity contribution in [2.75, 3.05) is 23.3 Å². The maximum atomic E-state index is 4.69. The van der Waals surface area contributed by atoms with E-state index in [1.165, 1.54) is 19.3 Å². The van der Waals surface area contributed by atoms with Gasteiger partial charge in [0, 0.05) is 30.5 Å². The van der Waals surface area contributed by atoms with E-state index in [-0.39, 0.29) is 0 Å². The van der Waals surface area contributed by atoms with Gasteiger partial charge >= 0.3 is 0 Å². The molecule has 0 unspecified atom stereocenters. The molecule has 0 bridgehead atoms. The van der Waals surface area contributed by atoms with E-state index in [0.717, 1.165) is 47.4 Å². The average Bonchev–Trinajstić information content (AvgIpc) is 2.73. The van der Waals surface area contributed by atoms with Crippen LogP contribution in [0.5, 0.6) is 0 Å². The van der Waals surface area contributed by atoms with Gasteiger partial charge in [-0.25, -0.2) is 15.0 Å². The number of rotatable bonds is 4. The zero-order valence-corrected chi connectivity index (χ0v) is 15.8. The number of piperidine rings is 1. The first-order valence-electron chi connectivity index (χ1n) is 9.45. The largest absolute Gasteiger partial charge is 0.357 e. The zero-order chi connectivity index (χ0) is 18.6. The Kier molecular flexibility index (Phi) is 4.96. The smallest absolute Gasteiger partial charge is 0.180 e. The van der Waals surface area contributed by atoms with Crippen molar-refractivity contribution >= 4 is 17.3 Å². The Hall–Kier alpha value is -3.02. The van der Waals surface area contributed by atoms with E-state index in [1.807, 2.05) is 38.2 Å². The standard InChI is InChI=1S/C21H24N6/c1-15-16(2)24-21(18-8-4-5-11-22-18)26-20(15)25-17-9-10-19(23-14-17)27-12-6-3-7-13-27/h4-5,8-11,14H,3,6-7,12-13H2,1-2H3,(H,24,25,26). The molecule has 138 valence electrons. The molecular weight excluding hydrogens is 336 g/mol. The minimum absolute atomic E-state index is 0.624. The fraction of sp³-hybridized carbons (Fsp3) is 0.333. The summed E-state index contributed by atoms with van der Waals surface area (Å²) in [6.07, 6.45) is 7.45. The number of hydrogen-bond donors (Lipinski definition) is 1. The SMILES string of the molecule is Cc1nc(-c2ccccn2)nc(Nc2ccc(N3CCCCC3)nc2)c1C. The third-order valence-corrected chi connectivity index (χ3v) is 4.97. The molecule has 6 nitrogen and oxygen atoms in total. The van der Waals surface area contributed by atoms with Gasteiger partial charge in [-0.3, -0.25) is 4.98 Å². The van der Waals surface area contributed by atoms with E-state index in [0.29, 0.717) is 5.82 Å². The van der Waals surface area contributed by atoms with Crippen LogP contribution in [-0.4, -0.2) is 33.0 Å². The minimum atomic E-state index is 0.624. The summed E-state index contributed by atoms with van der Waals surface area (Å²) in [6, 6.07) is 9.89. The second-order valence-electron chi connectivity index (χ2n) is 6.90. The average molecular weight is 360 g/mol. The first-order valence-corrected chi connectivity index (χ1v) is 9.45. The molecule has 0 spiro atoms. The fourth-order valence-corrected chi connectivity index (χ4v) is 3.27. The van der Waals surface area contributed by atoms with Crippen LogP contribution in [0.25, 0.3) is 11.5 Å². The van der Waals surface area contributed by atoms with Crippen molar-refractivity contribution in [2.24, 2.45) is 0 Å². The molecule has 0 radical (unpaired) electrons. The van der Waals surface area contributed by atoms with E-state index in [9.17, 15) is 0 Å². The molecule has 0 amide bonds. The number of aryl methyl sites for hydroxylation is 1. The van der Waals surface area contributed by atoms with Crippen LogP contribution in [0.2, 0.25) is 0 Å². The van der Waals surface area contributed by atoms with Crippen LogP contribution in [-0.2, 0) is 0 Å². The summed E-state index contributed by atoms with van der Waals surface area (Å²) >= 11 is 0. The van der Waals surface area contributed by atoms with Gasteiger partial charge < -0.3 is 10.2 Å². The van der Waals surface area contributed by atoms with Gasteiger partial charge in [0.1, 0.15) is 17.3 Å². The van der Waals surface area contributed by atoms with E-state index in [2.05, 4.69) is 42.3 Å². The molecule has 27 heavy (non-hydrogen) atoms. The zero-order valence-electron chi connectivity index (χ0n) is 15.8. The van der Waals surface area contributed by atoms with E-state index in [1.54, 1.807) is 6.20 Å². The highest BCUT2D eigenvalue weighted by Crippen LogP contribution is 2.25. The van der Waals surface area contributed by atoms with Crippen LogP contribution in [0.1, 0.15) is 30.5 Å². The molecule has 1 N–H and O–H groups in total. The first-order chi connectivity index (χ1) is 13.2. The first kappa shape index (κ1) is 17.4. The molecule has 0 aromatic carbocycles. The maximum absolute atomic E-state index is 4.69. The van der Waals surface area contributed by atoms with Crippen LogP contribution in [0.15, 0.2) is 42.7 Å². The number of hydrogen-bond acceptors (Lipinski definition) is 6. The molecule has 3 aromatic heterocycles. The molecule has 1 aliphatic rings.